The van der Waals surface area contributed by atoms with Gasteiger partial charge in [0.2, 0.25) is 0 Å². The maximum Gasteiger partial charge on any atom is 0.290 e. The van der Waals surface area contributed by atoms with Gasteiger partial charge in [-0.25, -0.2) is 0 Å². The van der Waals surface area contributed by atoms with Crippen LogP contribution in [0.4, 0.5) is 0 Å². The Hall–Kier alpha value is -2.71. The van der Waals surface area contributed by atoms with E-state index in [4.69, 9.17) is 14.6 Å². The van der Waals surface area contributed by atoms with Crippen LogP contribution in [0.25, 0.3) is 0 Å². The van der Waals surface area contributed by atoms with E-state index in [1.165, 1.54) is 5.56 Å². The van der Waals surface area contributed by atoms with E-state index in [1.54, 1.807) is 10.9 Å². The lowest BCUT2D eigenvalue weighted by Crippen LogP contribution is -2.45. The average Bonchev–Trinajstić information content (AvgIpc) is 3.29. The number of carbonyl (C=O) groups excluding carboxylic acids is 1. The summed E-state index contributed by atoms with van der Waals surface area (Å²) in [6.45, 7) is 5.14. The Morgan fingerprint density at radius 2 is 2.11 bits per heavy atom. The number of carbonyl (C=O) groups is 2. The summed E-state index contributed by atoms with van der Waals surface area (Å²) in [7, 11) is 0. The molecule has 0 saturated carbocycles. The molecule has 2 aliphatic rings. The number of morpholine rings is 1. The number of carboxylic acid groups (broad SMARTS) is 1. The molecule has 28 heavy (non-hydrogen) atoms. The van der Waals surface area contributed by atoms with E-state index >= 15 is 0 Å². The molecular weight excluding hydrogens is 360 g/mol. The van der Waals surface area contributed by atoms with Crippen LogP contribution in [0.1, 0.15) is 29.3 Å². The molecule has 150 valence electrons. The van der Waals surface area contributed by atoms with Crippen LogP contribution in [0.3, 0.4) is 0 Å². The van der Waals surface area contributed by atoms with E-state index in [2.05, 4.69) is 34.4 Å². The normalized spacial score (nSPS) is 24.0. The first-order valence-corrected chi connectivity index (χ1v) is 9.39. The van der Waals surface area contributed by atoms with Gasteiger partial charge < -0.3 is 15.2 Å². The fourth-order valence-electron chi connectivity index (χ4n) is 3.75. The van der Waals surface area contributed by atoms with Crippen molar-refractivity contribution in [1.82, 2.24) is 20.0 Å². The van der Waals surface area contributed by atoms with Gasteiger partial charge in [0.05, 0.1) is 31.0 Å². The largest absolute Gasteiger partial charge is 0.483 e. The van der Waals surface area contributed by atoms with Crippen LogP contribution < -0.4 is 5.32 Å². The molecule has 8 nitrogen and oxygen atoms in total. The summed E-state index contributed by atoms with van der Waals surface area (Å²) in [5, 5.41) is 14.4. The van der Waals surface area contributed by atoms with E-state index < -0.39 is 0 Å². The molecule has 3 atom stereocenters. The van der Waals surface area contributed by atoms with Gasteiger partial charge in [-0.1, -0.05) is 30.3 Å². The number of hydrogen-bond donors (Lipinski definition) is 2. The minimum atomic E-state index is -0.250. The summed E-state index contributed by atoms with van der Waals surface area (Å²) in [4.78, 5) is 23.3. The van der Waals surface area contributed by atoms with Crippen molar-refractivity contribution < 1.29 is 19.4 Å². The van der Waals surface area contributed by atoms with Crippen molar-refractivity contribution in [2.75, 3.05) is 19.7 Å². The third-order valence-corrected chi connectivity index (χ3v) is 5.01. The van der Waals surface area contributed by atoms with Gasteiger partial charge >= 0.3 is 0 Å². The quantitative estimate of drug-likeness (QED) is 0.767. The van der Waals surface area contributed by atoms with Gasteiger partial charge in [0.25, 0.3) is 12.4 Å². The lowest BCUT2D eigenvalue weighted by molar-refractivity contribution is -0.122. The fraction of sp³-hybridized carbons (Fsp3) is 0.450. The monoisotopic (exact) mass is 386 g/mol. The summed E-state index contributed by atoms with van der Waals surface area (Å²) in [6.07, 6.45) is 4.69. The minimum absolute atomic E-state index is 0.0434. The van der Waals surface area contributed by atoms with Crippen molar-refractivity contribution in [2.24, 2.45) is 0 Å². The van der Waals surface area contributed by atoms with E-state index in [0.29, 0.717) is 18.2 Å². The van der Waals surface area contributed by atoms with Gasteiger partial charge in [0, 0.05) is 31.4 Å². The molecule has 0 bridgehead atoms. The van der Waals surface area contributed by atoms with Crippen LogP contribution in [0.2, 0.25) is 0 Å². The third-order valence-electron chi connectivity index (χ3n) is 5.01. The van der Waals surface area contributed by atoms with Crippen LogP contribution in [-0.4, -0.2) is 70.1 Å². The van der Waals surface area contributed by atoms with Crippen molar-refractivity contribution in [3.05, 3.63) is 53.9 Å². The highest BCUT2D eigenvalue weighted by Crippen LogP contribution is 2.23. The summed E-state index contributed by atoms with van der Waals surface area (Å²) >= 11 is 0. The van der Waals surface area contributed by atoms with E-state index in [9.17, 15) is 4.79 Å². The molecule has 0 radical (unpaired) electrons. The zero-order chi connectivity index (χ0) is 19.9. The van der Waals surface area contributed by atoms with Gasteiger partial charge in [0.1, 0.15) is 0 Å². The van der Waals surface area contributed by atoms with Crippen LogP contribution >= 0.6 is 0 Å². The van der Waals surface area contributed by atoms with Gasteiger partial charge in [-0.05, 0) is 18.9 Å². The van der Waals surface area contributed by atoms with Gasteiger partial charge in [-0.15, -0.1) is 0 Å². The van der Waals surface area contributed by atoms with Crippen molar-refractivity contribution in [3.8, 4) is 0 Å². The van der Waals surface area contributed by atoms with Crippen LogP contribution in [-0.2, 0) is 16.1 Å². The number of benzene rings is 1. The van der Waals surface area contributed by atoms with E-state index in [1.807, 2.05) is 24.4 Å². The zero-order valence-electron chi connectivity index (χ0n) is 15.9. The standard InChI is InChI=1S/C19H24N4O2.CH2O2/c1-14-9-22-12-17(7-18(22)13-25-14)21-19(24)16-8-20-23(11-16)10-15-5-3-2-4-6-15;2-1-3/h2-6,8,11,14,17-18H,7,9-10,12-13H2,1H3,(H,21,24);1H,(H,2,3)/t14-,17-,18-;/m0./s1. The number of ether oxygens (including phenoxy) is 1. The number of hydrogen-bond acceptors (Lipinski definition) is 5. The molecule has 0 spiro atoms. The minimum Gasteiger partial charge on any atom is -0.483 e. The molecule has 2 aliphatic heterocycles. The second-order valence-electron chi connectivity index (χ2n) is 7.18. The number of nitrogens with one attached hydrogen (secondary N) is 1. The van der Waals surface area contributed by atoms with Crippen molar-refractivity contribution >= 4 is 12.4 Å². The lowest BCUT2D eigenvalue weighted by atomic mass is 10.1. The van der Waals surface area contributed by atoms with Crippen LogP contribution in [0, 0.1) is 0 Å². The summed E-state index contributed by atoms with van der Waals surface area (Å²) in [6, 6.07) is 10.7. The van der Waals surface area contributed by atoms with Crippen LogP contribution in [0.15, 0.2) is 42.7 Å². The smallest absolute Gasteiger partial charge is 0.290 e. The summed E-state index contributed by atoms with van der Waals surface area (Å²) < 4.78 is 7.53. The molecule has 4 rings (SSSR count). The highest BCUT2D eigenvalue weighted by Gasteiger charge is 2.36. The molecule has 1 aromatic heterocycles. The van der Waals surface area contributed by atoms with Gasteiger partial charge in [0.15, 0.2) is 0 Å². The number of aromatic nitrogens is 2. The Kier molecular flexibility index (Phi) is 6.78. The Labute approximate surface area is 164 Å². The predicted molar refractivity (Wildman–Crippen MR) is 103 cm³/mol. The molecule has 2 saturated heterocycles. The van der Waals surface area contributed by atoms with E-state index in [-0.39, 0.29) is 24.5 Å². The molecule has 1 amide bonds. The first-order valence-electron chi connectivity index (χ1n) is 9.39. The van der Waals surface area contributed by atoms with Gasteiger partial charge in [-0.2, -0.15) is 5.10 Å². The third kappa shape index (κ3) is 5.17. The molecule has 2 aromatic rings. The number of fused-ring (bicyclic) bond motifs is 1. The van der Waals surface area contributed by atoms with Gasteiger partial charge in [-0.3, -0.25) is 19.2 Å². The van der Waals surface area contributed by atoms with E-state index in [0.717, 1.165) is 26.1 Å². The molecular formula is C20H26N4O4. The second kappa shape index (κ2) is 9.48. The molecule has 0 aliphatic carbocycles. The highest BCUT2D eigenvalue weighted by molar-refractivity contribution is 5.93. The molecule has 3 heterocycles. The summed E-state index contributed by atoms with van der Waals surface area (Å²) in [5.74, 6) is -0.0434. The predicted octanol–water partition coefficient (Wildman–Crippen LogP) is 1.22. The molecule has 0 unspecified atom stereocenters. The van der Waals surface area contributed by atoms with Crippen molar-refractivity contribution in [1.29, 1.82) is 0 Å². The molecule has 8 heteroatoms. The van der Waals surface area contributed by atoms with Crippen molar-refractivity contribution in [3.63, 3.8) is 0 Å². The first-order chi connectivity index (χ1) is 13.6. The number of rotatable bonds is 4. The average molecular weight is 386 g/mol. The Balaban J connectivity index is 0.000000706. The highest BCUT2D eigenvalue weighted by atomic mass is 16.5. The van der Waals surface area contributed by atoms with Crippen LogP contribution in [0.5, 0.6) is 0 Å². The summed E-state index contributed by atoms with van der Waals surface area (Å²) in [5.41, 5.74) is 1.78. The first kappa shape index (κ1) is 20.0. The molecule has 2 fully saturated rings. The lowest BCUT2D eigenvalue weighted by Gasteiger charge is -2.33. The number of nitrogens with zero attached hydrogens (tertiary/aromatic N) is 3. The maximum atomic E-state index is 12.5. The maximum absolute atomic E-state index is 12.5. The number of amides is 1. The fourth-order valence-corrected chi connectivity index (χ4v) is 3.75. The Morgan fingerprint density at radius 3 is 2.86 bits per heavy atom. The van der Waals surface area contributed by atoms with Crippen molar-refractivity contribution in [2.45, 2.75) is 38.1 Å². The molecule has 2 N–H and O–H groups in total. The Morgan fingerprint density at radius 1 is 1.36 bits per heavy atom. The zero-order valence-corrected chi connectivity index (χ0v) is 15.9. The Bertz CT molecular complexity index is 780. The SMILES string of the molecule is C[C@H]1CN2C[C@@H](NC(=O)c3cnn(Cc4ccccc4)c3)C[C@H]2CO1.O=CO. The second-order valence-corrected chi connectivity index (χ2v) is 7.18. The molecule has 1 aromatic carbocycles. The topological polar surface area (TPSA) is 96.7 Å².